The fourth-order valence-corrected chi connectivity index (χ4v) is 3.43. The number of allylic oxidation sites excluding steroid dienone is 1. The molecule has 3 rings (SSSR count). The average Bonchev–Trinajstić information content (AvgIpc) is 2.67. The van der Waals surface area contributed by atoms with E-state index >= 15 is 0 Å². The van der Waals surface area contributed by atoms with Crippen LogP contribution in [0, 0.1) is 0 Å². The molecule has 2 aromatic carbocycles. The quantitative estimate of drug-likeness (QED) is 0.834. The predicted octanol–water partition coefficient (Wildman–Crippen LogP) is 4.77. The number of Topliss-reactive ketones (excluding diaryl/α,β-unsaturated/α-hetero) is 1. The fourth-order valence-electron chi connectivity index (χ4n) is 3.43. The molecule has 1 aliphatic rings. The number of fused-ring (bicyclic) bond motifs is 1. The number of urea groups is 1. The predicted molar refractivity (Wildman–Crippen MR) is 112 cm³/mol. The Kier molecular flexibility index (Phi) is 5.27. The minimum absolute atomic E-state index is 0.0198. The van der Waals surface area contributed by atoms with E-state index < -0.39 is 5.54 Å². The Hall–Kier alpha value is -3.08. The molecule has 5 nitrogen and oxygen atoms in total. The van der Waals surface area contributed by atoms with Gasteiger partial charge in [0.1, 0.15) is 5.75 Å². The number of carbonyl (C=O) groups excluding carboxylic acids is 2. The van der Waals surface area contributed by atoms with Gasteiger partial charge in [0.2, 0.25) is 0 Å². The van der Waals surface area contributed by atoms with E-state index in [1.165, 1.54) is 7.11 Å². The summed E-state index contributed by atoms with van der Waals surface area (Å²) in [7, 11) is 1.54. The number of nitrogens with one attached hydrogen (secondary N) is 1. The lowest BCUT2D eigenvalue weighted by Crippen LogP contribution is -2.50. The zero-order valence-corrected chi connectivity index (χ0v) is 16.8. The van der Waals surface area contributed by atoms with Crippen LogP contribution >= 0.6 is 0 Å². The molecule has 0 unspecified atom stereocenters. The lowest BCUT2D eigenvalue weighted by Gasteiger charge is -2.34. The van der Waals surface area contributed by atoms with Crippen molar-refractivity contribution in [3.8, 4) is 5.75 Å². The second kappa shape index (κ2) is 7.50. The minimum Gasteiger partial charge on any atom is -0.495 e. The van der Waals surface area contributed by atoms with Crippen LogP contribution in [0.15, 0.2) is 49.0 Å². The topological polar surface area (TPSA) is 58.6 Å². The second-order valence-electron chi connectivity index (χ2n) is 7.60. The second-order valence-corrected chi connectivity index (χ2v) is 7.60. The molecule has 0 aromatic heterocycles. The standard InChI is InChI=1S/C23H26N2O3/c1-15(2)16-8-6-9-17(14-16)23(3,4)24-22(27)25-13-12-19(26)18-10-7-11-20(28-5)21(18)25/h6-11,14H,1,12-13H2,2-5H3,(H,24,27). The first-order valence-electron chi connectivity index (χ1n) is 9.31. The number of para-hydroxylation sites is 1. The molecule has 0 aliphatic carbocycles. The summed E-state index contributed by atoms with van der Waals surface area (Å²) in [6.07, 6.45) is 0.291. The highest BCUT2D eigenvalue weighted by Gasteiger charge is 2.33. The normalized spacial score (nSPS) is 13.7. The van der Waals surface area contributed by atoms with E-state index in [0.29, 0.717) is 30.0 Å². The first-order chi connectivity index (χ1) is 13.2. The van der Waals surface area contributed by atoms with Crippen LogP contribution in [0.4, 0.5) is 10.5 Å². The smallest absolute Gasteiger partial charge is 0.322 e. The first kappa shape index (κ1) is 19.7. The summed E-state index contributed by atoms with van der Waals surface area (Å²) in [4.78, 5) is 27.1. The molecule has 1 heterocycles. The summed E-state index contributed by atoms with van der Waals surface area (Å²) in [6.45, 7) is 10.2. The van der Waals surface area contributed by atoms with Gasteiger partial charge in [-0.25, -0.2) is 4.79 Å². The third-order valence-corrected chi connectivity index (χ3v) is 5.09. The van der Waals surface area contributed by atoms with Gasteiger partial charge in [0.15, 0.2) is 5.78 Å². The van der Waals surface area contributed by atoms with E-state index in [1.807, 2.05) is 45.0 Å². The number of benzene rings is 2. The number of anilines is 1. The van der Waals surface area contributed by atoms with Crippen LogP contribution < -0.4 is 15.0 Å². The van der Waals surface area contributed by atoms with Crippen molar-refractivity contribution in [2.45, 2.75) is 32.7 Å². The Labute approximate surface area is 166 Å². The lowest BCUT2D eigenvalue weighted by molar-refractivity contribution is 0.0980. The van der Waals surface area contributed by atoms with Gasteiger partial charge in [0.05, 0.1) is 18.3 Å². The molecule has 0 fully saturated rings. The molecule has 2 aromatic rings. The van der Waals surface area contributed by atoms with Crippen molar-refractivity contribution in [1.29, 1.82) is 0 Å². The summed E-state index contributed by atoms with van der Waals surface area (Å²) in [5, 5.41) is 3.11. The molecule has 28 heavy (non-hydrogen) atoms. The average molecular weight is 378 g/mol. The maximum Gasteiger partial charge on any atom is 0.322 e. The molecule has 0 saturated carbocycles. The van der Waals surface area contributed by atoms with Crippen molar-refractivity contribution >= 4 is 23.1 Å². The molecule has 0 radical (unpaired) electrons. The zero-order chi connectivity index (χ0) is 20.5. The van der Waals surface area contributed by atoms with Crippen molar-refractivity contribution < 1.29 is 14.3 Å². The van der Waals surface area contributed by atoms with Crippen molar-refractivity contribution in [1.82, 2.24) is 5.32 Å². The zero-order valence-electron chi connectivity index (χ0n) is 16.8. The highest BCUT2D eigenvalue weighted by molar-refractivity contribution is 6.10. The van der Waals surface area contributed by atoms with E-state index in [4.69, 9.17) is 4.74 Å². The number of hydrogen-bond acceptors (Lipinski definition) is 3. The first-order valence-corrected chi connectivity index (χ1v) is 9.31. The molecule has 146 valence electrons. The Morgan fingerprint density at radius 2 is 1.93 bits per heavy atom. The van der Waals surface area contributed by atoms with E-state index in [2.05, 4.69) is 11.9 Å². The van der Waals surface area contributed by atoms with Gasteiger partial charge < -0.3 is 10.1 Å². The Morgan fingerprint density at radius 1 is 1.21 bits per heavy atom. The van der Waals surface area contributed by atoms with Crippen LogP contribution in [-0.4, -0.2) is 25.5 Å². The number of ether oxygens (including phenoxy) is 1. The van der Waals surface area contributed by atoms with E-state index in [9.17, 15) is 9.59 Å². The lowest BCUT2D eigenvalue weighted by atomic mass is 9.91. The molecule has 5 heteroatoms. The van der Waals surface area contributed by atoms with Crippen LogP contribution in [0.5, 0.6) is 5.75 Å². The number of rotatable bonds is 4. The van der Waals surface area contributed by atoms with Crippen molar-refractivity contribution in [3.63, 3.8) is 0 Å². The molecule has 0 bridgehead atoms. The number of ketones is 1. The number of hydrogen-bond donors (Lipinski definition) is 1. The Morgan fingerprint density at radius 3 is 2.61 bits per heavy atom. The van der Waals surface area contributed by atoms with Crippen LogP contribution in [0.3, 0.4) is 0 Å². The van der Waals surface area contributed by atoms with Gasteiger partial charge >= 0.3 is 6.03 Å². The number of amides is 2. The Balaban J connectivity index is 1.92. The number of carbonyl (C=O) groups is 2. The van der Waals surface area contributed by atoms with Gasteiger partial charge in [-0.05, 0) is 50.1 Å². The summed E-state index contributed by atoms with van der Waals surface area (Å²) < 4.78 is 5.41. The number of nitrogens with zero attached hydrogens (tertiary/aromatic N) is 1. The third kappa shape index (κ3) is 3.65. The van der Waals surface area contributed by atoms with Crippen molar-refractivity contribution in [3.05, 3.63) is 65.7 Å². The summed E-state index contributed by atoms with van der Waals surface area (Å²) >= 11 is 0. The molecule has 0 saturated heterocycles. The van der Waals surface area contributed by atoms with Gasteiger partial charge in [0, 0.05) is 18.5 Å². The maximum absolute atomic E-state index is 13.2. The van der Waals surface area contributed by atoms with Crippen LogP contribution in [-0.2, 0) is 5.54 Å². The molecule has 0 atom stereocenters. The molecule has 1 aliphatic heterocycles. The van der Waals surface area contributed by atoms with Gasteiger partial charge in [-0.1, -0.05) is 36.4 Å². The van der Waals surface area contributed by atoms with Gasteiger partial charge in [0.25, 0.3) is 0 Å². The largest absolute Gasteiger partial charge is 0.495 e. The van der Waals surface area contributed by atoms with Crippen molar-refractivity contribution in [2.24, 2.45) is 0 Å². The van der Waals surface area contributed by atoms with Gasteiger partial charge in [-0.3, -0.25) is 9.69 Å². The summed E-state index contributed by atoms with van der Waals surface area (Å²) in [5.74, 6) is 0.536. The summed E-state index contributed by atoms with van der Waals surface area (Å²) in [6, 6.07) is 13.0. The van der Waals surface area contributed by atoms with E-state index in [1.54, 1.807) is 23.1 Å². The van der Waals surface area contributed by atoms with Crippen LogP contribution in [0.25, 0.3) is 5.57 Å². The van der Waals surface area contributed by atoms with Crippen LogP contribution in [0.1, 0.15) is 48.7 Å². The SMILES string of the molecule is C=C(C)c1cccc(C(C)(C)NC(=O)N2CCC(=O)c3cccc(OC)c32)c1. The summed E-state index contributed by atoms with van der Waals surface area (Å²) in [5.41, 5.74) is 3.43. The molecule has 1 N–H and O–H groups in total. The molecule has 2 amide bonds. The minimum atomic E-state index is -0.605. The third-order valence-electron chi connectivity index (χ3n) is 5.09. The highest BCUT2D eigenvalue weighted by Crippen LogP contribution is 2.36. The maximum atomic E-state index is 13.2. The van der Waals surface area contributed by atoms with Gasteiger partial charge in [-0.15, -0.1) is 0 Å². The van der Waals surface area contributed by atoms with E-state index in [0.717, 1.165) is 16.7 Å². The van der Waals surface area contributed by atoms with Crippen LogP contribution in [0.2, 0.25) is 0 Å². The van der Waals surface area contributed by atoms with E-state index in [-0.39, 0.29) is 11.8 Å². The molecular weight excluding hydrogens is 352 g/mol. The van der Waals surface area contributed by atoms with Crippen molar-refractivity contribution in [2.75, 3.05) is 18.6 Å². The van der Waals surface area contributed by atoms with Gasteiger partial charge in [-0.2, -0.15) is 0 Å². The fraction of sp³-hybridized carbons (Fsp3) is 0.304. The molecule has 0 spiro atoms. The Bertz CT molecular complexity index is 947. The number of methoxy groups -OCH3 is 1. The molecular formula is C23H26N2O3. The monoisotopic (exact) mass is 378 g/mol. The highest BCUT2D eigenvalue weighted by atomic mass is 16.5.